The lowest BCUT2D eigenvalue weighted by molar-refractivity contribution is -0.121. The molecular formula is C15H22ClN3O4S. The van der Waals surface area contributed by atoms with Gasteiger partial charge in [0.1, 0.15) is 0 Å². The van der Waals surface area contributed by atoms with Crippen LogP contribution in [0.25, 0.3) is 0 Å². The van der Waals surface area contributed by atoms with Gasteiger partial charge in [-0.15, -0.1) is 0 Å². The monoisotopic (exact) mass is 375 g/mol. The zero-order valence-corrected chi connectivity index (χ0v) is 15.7. The first-order valence-corrected chi connectivity index (χ1v) is 9.25. The smallest absolute Gasteiger partial charge is 0.255 e. The van der Waals surface area contributed by atoms with Gasteiger partial charge in [-0.3, -0.25) is 9.59 Å². The first-order chi connectivity index (χ1) is 11.1. The van der Waals surface area contributed by atoms with Crippen LogP contribution in [-0.4, -0.2) is 63.2 Å². The van der Waals surface area contributed by atoms with Gasteiger partial charge in [0, 0.05) is 27.2 Å². The second-order valence-corrected chi connectivity index (χ2v) is 7.76. The van der Waals surface area contributed by atoms with Crippen LogP contribution in [-0.2, 0) is 14.8 Å². The molecule has 1 aromatic carbocycles. The highest BCUT2D eigenvalue weighted by atomic mass is 35.5. The molecular weight excluding hydrogens is 354 g/mol. The second-order valence-electron chi connectivity index (χ2n) is 5.20. The predicted molar refractivity (Wildman–Crippen MR) is 92.6 cm³/mol. The van der Waals surface area contributed by atoms with E-state index < -0.39 is 15.9 Å². The lowest BCUT2D eigenvalue weighted by Crippen LogP contribution is -2.40. The molecule has 0 saturated carbocycles. The molecule has 0 unspecified atom stereocenters. The van der Waals surface area contributed by atoms with E-state index in [0.717, 1.165) is 4.31 Å². The fourth-order valence-electron chi connectivity index (χ4n) is 1.96. The van der Waals surface area contributed by atoms with E-state index in [-0.39, 0.29) is 34.5 Å². The Morgan fingerprint density at radius 3 is 2.33 bits per heavy atom. The van der Waals surface area contributed by atoms with Crippen molar-refractivity contribution in [2.45, 2.75) is 18.7 Å². The average molecular weight is 376 g/mol. The minimum absolute atomic E-state index is 0.0330. The van der Waals surface area contributed by atoms with Crippen molar-refractivity contribution in [3.8, 4) is 0 Å². The van der Waals surface area contributed by atoms with Crippen LogP contribution in [0.15, 0.2) is 23.1 Å². The molecule has 134 valence electrons. The Morgan fingerprint density at radius 1 is 1.21 bits per heavy atom. The van der Waals surface area contributed by atoms with Crippen molar-refractivity contribution in [2.24, 2.45) is 0 Å². The van der Waals surface area contributed by atoms with Gasteiger partial charge >= 0.3 is 0 Å². The molecule has 0 atom stereocenters. The van der Waals surface area contributed by atoms with E-state index in [1.54, 1.807) is 13.8 Å². The van der Waals surface area contributed by atoms with Gasteiger partial charge < -0.3 is 10.2 Å². The number of carbonyl (C=O) groups is 2. The molecule has 0 spiro atoms. The second kappa shape index (κ2) is 8.46. The van der Waals surface area contributed by atoms with E-state index >= 15 is 0 Å². The maximum absolute atomic E-state index is 12.6. The molecule has 0 saturated heterocycles. The fourth-order valence-corrected chi connectivity index (χ4v) is 3.09. The molecule has 24 heavy (non-hydrogen) atoms. The van der Waals surface area contributed by atoms with Crippen molar-refractivity contribution in [3.05, 3.63) is 28.8 Å². The molecule has 1 rings (SSSR count). The molecule has 2 amide bonds. The van der Waals surface area contributed by atoms with Crippen LogP contribution in [0.3, 0.4) is 0 Å². The number of likely N-dealkylation sites (N-methyl/N-ethyl adjacent to an activating group) is 2. The Hall–Kier alpha value is -1.64. The summed E-state index contributed by atoms with van der Waals surface area (Å²) >= 11 is 6.06. The van der Waals surface area contributed by atoms with Crippen LogP contribution in [0.2, 0.25) is 5.02 Å². The SMILES string of the molecule is CCNC(=O)CN(CC)C(=O)c1cc(S(=O)(=O)N(C)C)ccc1Cl. The minimum atomic E-state index is -3.69. The van der Waals surface area contributed by atoms with Gasteiger partial charge in [-0.1, -0.05) is 11.6 Å². The summed E-state index contributed by atoms with van der Waals surface area (Å²) in [6.45, 7) is 4.14. The van der Waals surface area contributed by atoms with Crippen LogP contribution >= 0.6 is 11.6 Å². The molecule has 0 aliphatic heterocycles. The Kier molecular flexibility index (Phi) is 7.19. The lowest BCUT2D eigenvalue weighted by Gasteiger charge is -2.21. The summed E-state index contributed by atoms with van der Waals surface area (Å²) in [7, 11) is -0.886. The number of nitrogens with zero attached hydrogens (tertiary/aromatic N) is 2. The van der Waals surface area contributed by atoms with Crippen LogP contribution in [0.4, 0.5) is 0 Å². The molecule has 0 aliphatic carbocycles. The van der Waals surface area contributed by atoms with Gasteiger partial charge in [0.2, 0.25) is 15.9 Å². The van der Waals surface area contributed by atoms with E-state index in [1.807, 2.05) is 0 Å². The van der Waals surface area contributed by atoms with Gasteiger partial charge in [0.15, 0.2) is 0 Å². The average Bonchev–Trinajstić information content (AvgIpc) is 2.52. The quantitative estimate of drug-likeness (QED) is 0.775. The lowest BCUT2D eigenvalue weighted by atomic mass is 10.2. The molecule has 0 heterocycles. The summed E-state index contributed by atoms with van der Waals surface area (Å²) in [4.78, 5) is 25.6. The Morgan fingerprint density at radius 2 is 1.83 bits per heavy atom. The maximum Gasteiger partial charge on any atom is 0.255 e. The third-order valence-corrected chi connectivity index (χ3v) is 5.46. The zero-order valence-electron chi connectivity index (χ0n) is 14.2. The maximum atomic E-state index is 12.6. The summed E-state index contributed by atoms with van der Waals surface area (Å²) in [5.41, 5.74) is 0.0470. The number of amides is 2. The Balaban J connectivity index is 3.20. The summed E-state index contributed by atoms with van der Waals surface area (Å²) < 4.78 is 25.5. The van der Waals surface area contributed by atoms with Crippen molar-refractivity contribution in [2.75, 3.05) is 33.7 Å². The molecule has 9 heteroatoms. The predicted octanol–water partition coefficient (Wildman–Crippen LogP) is 1.19. The van der Waals surface area contributed by atoms with Crippen molar-refractivity contribution in [3.63, 3.8) is 0 Å². The Labute approximate surface area is 147 Å². The summed E-state index contributed by atoms with van der Waals surface area (Å²) in [6, 6.07) is 3.94. The number of nitrogens with one attached hydrogen (secondary N) is 1. The number of rotatable bonds is 7. The van der Waals surface area contributed by atoms with Gasteiger partial charge in [0.25, 0.3) is 5.91 Å². The van der Waals surface area contributed by atoms with E-state index in [1.165, 1.54) is 37.2 Å². The number of halogens is 1. The minimum Gasteiger partial charge on any atom is -0.355 e. The van der Waals surface area contributed by atoms with Gasteiger partial charge in [0.05, 0.1) is 22.0 Å². The molecule has 7 nitrogen and oxygen atoms in total. The summed E-state index contributed by atoms with van der Waals surface area (Å²) in [6.07, 6.45) is 0. The van der Waals surface area contributed by atoms with E-state index in [9.17, 15) is 18.0 Å². The van der Waals surface area contributed by atoms with Crippen molar-refractivity contribution in [1.82, 2.24) is 14.5 Å². The highest BCUT2D eigenvalue weighted by molar-refractivity contribution is 7.89. The highest BCUT2D eigenvalue weighted by Crippen LogP contribution is 2.23. The number of carbonyl (C=O) groups excluding carboxylic acids is 2. The van der Waals surface area contributed by atoms with Crippen LogP contribution in [0.1, 0.15) is 24.2 Å². The van der Waals surface area contributed by atoms with Crippen LogP contribution < -0.4 is 5.32 Å². The summed E-state index contributed by atoms with van der Waals surface area (Å²) in [5.74, 6) is -0.787. The topological polar surface area (TPSA) is 86.8 Å². The standard InChI is InChI=1S/C15H22ClN3O4S/c1-5-17-14(20)10-19(6-2)15(21)12-9-11(7-8-13(12)16)24(22,23)18(3)4/h7-9H,5-6,10H2,1-4H3,(H,17,20). The van der Waals surface area contributed by atoms with Gasteiger partial charge in [-0.05, 0) is 32.0 Å². The number of hydrogen-bond donors (Lipinski definition) is 1. The molecule has 0 bridgehead atoms. The van der Waals surface area contributed by atoms with Crippen molar-refractivity contribution >= 4 is 33.4 Å². The number of hydrogen-bond acceptors (Lipinski definition) is 4. The number of benzene rings is 1. The molecule has 0 fully saturated rings. The summed E-state index contributed by atoms with van der Waals surface area (Å²) in [5, 5.41) is 2.75. The Bertz CT molecular complexity index is 719. The first-order valence-electron chi connectivity index (χ1n) is 7.43. The normalized spacial score (nSPS) is 11.4. The van der Waals surface area contributed by atoms with Crippen LogP contribution in [0, 0.1) is 0 Å². The van der Waals surface area contributed by atoms with Crippen LogP contribution in [0.5, 0.6) is 0 Å². The molecule has 1 aromatic rings. The van der Waals surface area contributed by atoms with E-state index in [0.29, 0.717) is 6.54 Å². The highest BCUT2D eigenvalue weighted by Gasteiger charge is 2.24. The third kappa shape index (κ3) is 4.68. The van der Waals surface area contributed by atoms with Gasteiger partial charge in [-0.25, -0.2) is 12.7 Å². The molecule has 0 radical (unpaired) electrons. The van der Waals surface area contributed by atoms with E-state index in [4.69, 9.17) is 11.6 Å². The fraction of sp³-hybridized carbons (Fsp3) is 0.467. The molecule has 0 aromatic heterocycles. The third-order valence-electron chi connectivity index (χ3n) is 3.32. The molecule has 1 N–H and O–H groups in total. The first kappa shape index (κ1) is 20.4. The number of sulfonamides is 1. The van der Waals surface area contributed by atoms with Gasteiger partial charge in [-0.2, -0.15) is 0 Å². The molecule has 0 aliphatic rings. The van der Waals surface area contributed by atoms with E-state index in [2.05, 4.69) is 5.32 Å². The van der Waals surface area contributed by atoms with Crippen molar-refractivity contribution in [1.29, 1.82) is 0 Å². The zero-order chi connectivity index (χ0) is 18.5. The largest absolute Gasteiger partial charge is 0.355 e. The van der Waals surface area contributed by atoms with Crippen molar-refractivity contribution < 1.29 is 18.0 Å².